The van der Waals surface area contributed by atoms with E-state index in [4.69, 9.17) is 14.8 Å². The van der Waals surface area contributed by atoms with Crippen LogP contribution in [-0.4, -0.2) is 28.5 Å². The summed E-state index contributed by atoms with van der Waals surface area (Å²) in [6.45, 7) is 0.00369. The van der Waals surface area contributed by atoms with Crippen molar-refractivity contribution >= 4 is 45.6 Å². The lowest BCUT2D eigenvalue weighted by molar-refractivity contribution is -0.118. The number of amides is 1. The molecule has 176 valence electrons. The van der Waals surface area contributed by atoms with E-state index in [1.165, 1.54) is 11.3 Å². The van der Waals surface area contributed by atoms with Gasteiger partial charge in [-0.3, -0.25) is 4.79 Å². The minimum Gasteiger partial charge on any atom is -0.507 e. The number of para-hydroxylation sites is 1. The van der Waals surface area contributed by atoms with Crippen LogP contribution in [0.3, 0.4) is 0 Å². The highest BCUT2D eigenvalue weighted by atomic mass is 32.1. The van der Waals surface area contributed by atoms with Crippen molar-refractivity contribution in [3.05, 3.63) is 101 Å². The second kappa shape index (κ2) is 9.16. The lowest BCUT2D eigenvalue weighted by Crippen LogP contribution is -2.25. The molecule has 1 aromatic heterocycles. The van der Waals surface area contributed by atoms with Crippen molar-refractivity contribution in [3.8, 4) is 22.8 Å². The molecule has 2 N–H and O–H groups in total. The average Bonchev–Trinajstić information content (AvgIpc) is 3.30. The second-order valence-corrected chi connectivity index (χ2v) is 9.01. The first-order valence-electron chi connectivity index (χ1n) is 11.3. The summed E-state index contributed by atoms with van der Waals surface area (Å²) in [5.41, 5.74) is 3.65. The van der Waals surface area contributed by atoms with Crippen molar-refractivity contribution in [2.45, 2.75) is 0 Å². The van der Waals surface area contributed by atoms with Crippen LogP contribution < -0.4 is 14.9 Å². The van der Waals surface area contributed by atoms with E-state index in [9.17, 15) is 9.90 Å². The van der Waals surface area contributed by atoms with Gasteiger partial charge in [0, 0.05) is 16.5 Å². The fourth-order valence-corrected chi connectivity index (χ4v) is 4.93. The summed E-state index contributed by atoms with van der Waals surface area (Å²) in [4.78, 5) is 17.3. The van der Waals surface area contributed by atoms with Gasteiger partial charge in [-0.05, 0) is 47.2 Å². The summed E-state index contributed by atoms with van der Waals surface area (Å²) in [6.07, 6.45) is 1.65. The second-order valence-electron chi connectivity index (χ2n) is 8.17. The Labute approximate surface area is 210 Å². The number of benzene rings is 4. The molecule has 1 aliphatic rings. The van der Waals surface area contributed by atoms with Gasteiger partial charge in [0.2, 0.25) is 4.80 Å². The van der Waals surface area contributed by atoms with Crippen LogP contribution in [-0.2, 0) is 4.79 Å². The minimum atomic E-state index is -0.193. The number of hydrogen-bond donors (Lipinski definition) is 2. The zero-order chi connectivity index (χ0) is 24.5. The Kier molecular flexibility index (Phi) is 5.55. The monoisotopic (exact) mass is 492 g/mol. The van der Waals surface area contributed by atoms with E-state index < -0.39 is 0 Å². The molecule has 8 heteroatoms. The van der Waals surface area contributed by atoms with Crippen molar-refractivity contribution in [2.24, 2.45) is 10.1 Å². The molecule has 0 saturated heterocycles. The normalized spacial score (nSPS) is 13.6. The third-order valence-electron chi connectivity index (χ3n) is 5.82. The summed E-state index contributed by atoms with van der Waals surface area (Å²) in [5, 5.41) is 22.1. The van der Waals surface area contributed by atoms with Crippen molar-refractivity contribution in [2.75, 3.05) is 11.9 Å². The molecule has 0 spiro atoms. The van der Waals surface area contributed by atoms with Gasteiger partial charge in [-0.2, -0.15) is 5.10 Å². The van der Waals surface area contributed by atoms with E-state index in [0.29, 0.717) is 21.8 Å². The predicted molar refractivity (Wildman–Crippen MR) is 142 cm³/mol. The molecule has 0 bridgehead atoms. The third-order valence-corrected chi connectivity index (χ3v) is 6.64. The number of anilines is 1. The van der Waals surface area contributed by atoms with Gasteiger partial charge in [-0.1, -0.05) is 48.5 Å². The average molecular weight is 493 g/mol. The highest BCUT2D eigenvalue weighted by Gasteiger charge is 2.18. The number of ether oxygens (including phenoxy) is 1. The number of aromatic nitrogens is 1. The van der Waals surface area contributed by atoms with Crippen molar-refractivity contribution < 1.29 is 14.6 Å². The zero-order valence-corrected chi connectivity index (χ0v) is 19.8. The van der Waals surface area contributed by atoms with Gasteiger partial charge in [0.25, 0.3) is 5.91 Å². The minimum absolute atomic E-state index is 0.00369. The number of thiazole rings is 1. The van der Waals surface area contributed by atoms with Crippen LogP contribution in [0, 0.1) is 0 Å². The molecule has 4 aromatic carbocycles. The Hall–Kier alpha value is -4.69. The fraction of sp³-hybridized carbons (Fsp3) is 0.0357. The maximum Gasteiger partial charge on any atom is 0.262 e. The summed E-state index contributed by atoms with van der Waals surface area (Å²) in [7, 11) is 0. The topological polar surface area (TPSA) is 88.2 Å². The van der Waals surface area contributed by atoms with Crippen LogP contribution in [0.2, 0.25) is 0 Å². The van der Waals surface area contributed by atoms with Gasteiger partial charge in [0.05, 0.1) is 23.3 Å². The van der Waals surface area contributed by atoms with E-state index >= 15 is 0 Å². The van der Waals surface area contributed by atoms with Crippen LogP contribution >= 0.6 is 11.3 Å². The summed E-state index contributed by atoms with van der Waals surface area (Å²) < 4.78 is 7.25. The van der Waals surface area contributed by atoms with Crippen LogP contribution in [0.1, 0.15) is 5.56 Å². The first-order chi connectivity index (χ1) is 17.7. The molecule has 0 unspecified atom stereocenters. The zero-order valence-electron chi connectivity index (χ0n) is 19.0. The molecule has 0 aliphatic carbocycles. The fourth-order valence-electron chi connectivity index (χ4n) is 4.08. The van der Waals surface area contributed by atoms with Gasteiger partial charge in [0.15, 0.2) is 6.61 Å². The first kappa shape index (κ1) is 21.8. The van der Waals surface area contributed by atoms with E-state index in [-0.39, 0.29) is 18.3 Å². The van der Waals surface area contributed by atoms with E-state index in [1.54, 1.807) is 17.0 Å². The number of rotatable bonds is 4. The molecule has 0 saturated carbocycles. The van der Waals surface area contributed by atoms with Crippen LogP contribution in [0.25, 0.3) is 22.0 Å². The molecule has 5 aromatic rings. The van der Waals surface area contributed by atoms with Crippen molar-refractivity contribution in [1.29, 1.82) is 0 Å². The Bertz CT molecular complexity index is 1700. The molecule has 6 rings (SSSR count). The van der Waals surface area contributed by atoms with E-state index in [0.717, 1.165) is 27.7 Å². The number of aromatic hydroxyl groups is 1. The summed E-state index contributed by atoms with van der Waals surface area (Å²) in [6, 6.07) is 26.7. The Balaban J connectivity index is 1.51. The SMILES string of the molecule is O=C1COc2ccc(-c3csc(=Nc4ccccc4)n3N=Cc3c(O)ccc4ccccc34)cc2N1. The molecule has 36 heavy (non-hydrogen) atoms. The first-order valence-corrected chi connectivity index (χ1v) is 12.2. The number of nitrogens with one attached hydrogen (secondary N) is 1. The summed E-state index contributed by atoms with van der Waals surface area (Å²) in [5.74, 6) is 0.575. The van der Waals surface area contributed by atoms with Gasteiger partial charge in [-0.25, -0.2) is 9.67 Å². The number of fused-ring (bicyclic) bond motifs is 2. The van der Waals surface area contributed by atoms with Crippen LogP contribution in [0.15, 0.2) is 100 Å². The Morgan fingerprint density at radius 2 is 1.83 bits per heavy atom. The van der Waals surface area contributed by atoms with Crippen molar-refractivity contribution in [1.82, 2.24) is 4.68 Å². The van der Waals surface area contributed by atoms with Crippen molar-refractivity contribution in [3.63, 3.8) is 0 Å². The largest absolute Gasteiger partial charge is 0.507 e. The maximum atomic E-state index is 11.8. The third kappa shape index (κ3) is 4.14. The molecule has 0 radical (unpaired) electrons. The highest BCUT2D eigenvalue weighted by Crippen LogP contribution is 2.33. The lowest BCUT2D eigenvalue weighted by Gasteiger charge is -2.18. The lowest BCUT2D eigenvalue weighted by atomic mass is 10.0. The molecule has 0 fully saturated rings. The van der Waals surface area contributed by atoms with E-state index in [1.807, 2.05) is 84.2 Å². The number of nitrogens with zero attached hydrogens (tertiary/aromatic N) is 3. The maximum absolute atomic E-state index is 11.8. The van der Waals surface area contributed by atoms with Crippen LogP contribution in [0.4, 0.5) is 11.4 Å². The van der Waals surface area contributed by atoms with Gasteiger partial charge in [0.1, 0.15) is 11.5 Å². The molecule has 0 atom stereocenters. The smallest absolute Gasteiger partial charge is 0.262 e. The molecule has 7 nitrogen and oxygen atoms in total. The molecular weight excluding hydrogens is 472 g/mol. The molecular formula is C28H20N4O3S. The molecule has 2 heterocycles. The standard InChI is InChI=1S/C28H20N4O3S/c33-25-12-10-18-6-4-5-9-21(18)22(25)15-29-32-24(17-36-28(32)30-20-7-2-1-3-8-20)19-11-13-26-23(14-19)31-27(34)16-35-26/h1-15,17,33H,16H2,(H,31,34). The molecule has 1 aliphatic heterocycles. The Morgan fingerprint density at radius 1 is 1.00 bits per heavy atom. The van der Waals surface area contributed by atoms with Crippen LogP contribution in [0.5, 0.6) is 11.5 Å². The Morgan fingerprint density at radius 3 is 2.72 bits per heavy atom. The molecule has 1 amide bonds. The van der Waals surface area contributed by atoms with Gasteiger partial charge < -0.3 is 15.2 Å². The predicted octanol–water partition coefficient (Wildman–Crippen LogP) is 5.52. The number of phenols is 1. The van der Waals surface area contributed by atoms with Gasteiger partial charge in [-0.15, -0.1) is 11.3 Å². The number of carbonyl (C=O) groups excluding carboxylic acids is 1. The van der Waals surface area contributed by atoms with E-state index in [2.05, 4.69) is 5.32 Å². The number of carbonyl (C=O) groups is 1. The number of phenolic OH excluding ortho intramolecular Hbond substituents is 1. The highest BCUT2D eigenvalue weighted by molar-refractivity contribution is 7.07. The quantitative estimate of drug-likeness (QED) is 0.324. The van der Waals surface area contributed by atoms with Gasteiger partial charge >= 0.3 is 0 Å². The number of hydrogen-bond acceptors (Lipinski definition) is 6. The summed E-state index contributed by atoms with van der Waals surface area (Å²) >= 11 is 1.45.